The van der Waals surface area contributed by atoms with Crippen LogP contribution < -0.4 is 0 Å². The van der Waals surface area contributed by atoms with E-state index in [2.05, 4.69) is 9.59 Å². The number of rotatable bonds is 2. The molecule has 0 spiro atoms. The minimum atomic E-state index is -0.0919. The Kier molecular flexibility index (Phi) is 1.93. The van der Waals surface area contributed by atoms with Gasteiger partial charge in [-0.05, 0) is 11.5 Å². The molecule has 0 saturated heterocycles. The summed E-state index contributed by atoms with van der Waals surface area (Å²) < 4.78 is 3.59. The Bertz CT molecular complexity index is 140. The molecule has 0 atom stereocenters. The van der Waals surface area contributed by atoms with Crippen molar-refractivity contribution in [3.8, 4) is 0 Å². The molecule has 0 amide bonds. The highest BCUT2D eigenvalue weighted by Crippen LogP contribution is 1.95. The highest BCUT2D eigenvalue weighted by Gasteiger charge is 1.91. The maximum atomic E-state index is 9.93. The van der Waals surface area contributed by atoms with Crippen LogP contribution in [0.5, 0.6) is 0 Å². The summed E-state index contributed by atoms with van der Waals surface area (Å²) in [6.07, 6.45) is 0.510. The molecule has 0 bridgehead atoms. The van der Waals surface area contributed by atoms with Crippen LogP contribution in [-0.2, 0) is 11.5 Å². The van der Waals surface area contributed by atoms with Gasteiger partial charge in [0.05, 0.1) is 12.3 Å². The van der Waals surface area contributed by atoms with Crippen LogP contribution >= 0.6 is 11.5 Å². The zero-order valence-corrected chi connectivity index (χ0v) is 5.02. The number of aromatic nitrogens is 2. The lowest BCUT2D eigenvalue weighted by atomic mass is 10.4. The summed E-state index contributed by atoms with van der Waals surface area (Å²) >= 11 is 1.28. The quantitative estimate of drug-likeness (QED) is 0.584. The van der Waals surface area contributed by atoms with Crippen molar-refractivity contribution in [2.45, 2.75) is 6.42 Å². The van der Waals surface area contributed by atoms with Crippen LogP contribution in [0.25, 0.3) is 0 Å². The molecule has 4 heteroatoms. The molecule has 0 aliphatic rings. The van der Waals surface area contributed by atoms with Gasteiger partial charge in [-0.3, -0.25) is 0 Å². The Labute approximate surface area is 51.1 Å². The van der Waals surface area contributed by atoms with Gasteiger partial charge in [0.25, 0.3) is 0 Å². The molecule has 0 aromatic carbocycles. The molecular formula is C4H5N2OS. The number of nitrogens with zero attached hydrogens (tertiary/aromatic N) is 2. The van der Waals surface area contributed by atoms with E-state index in [-0.39, 0.29) is 6.61 Å². The third-order valence-corrected chi connectivity index (χ3v) is 1.32. The highest BCUT2D eigenvalue weighted by atomic mass is 32.1. The Hall–Kier alpha value is -0.480. The molecule has 1 rings (SSSR count). The lowest BCUT2D eigenvalue weighted by molar-refractivity contribution is 0.196. The monoisotopic (exact) mass is 129 g/mol. The molecule has 0 fully saturated rings. The van der Waals surface area contributed by atoms with Gasteiger partial charge in [-0.15, -0.1) is 5.10 Å². The average molecular weight is 129 g/mol. The molecular weight excluding hydrogens is 124 g/mol. The van der Waals surface area contributed by atoms with E-state index in [9.17, 15) is 5.11 Å². The molecule has 1 aromatic rings. The molecule has 3 nitrogen and oxygen atoms in total. The van der Waals surface area contributed by atoms with Gasteiger partial charge in [0.2, 0.25) is 0 Å². The normalized spacial score (nSPS) is 9.62. The van der Waals surface area contributed by atoms with Crippen molar-refractivity contribution in [2.75, 3.05) is 6.61 Å². The van der Waals surface area contributed by atoms with E-state index < -0.39 is 0 Å². The lowest BCUT2D eigenvalue weighted by Crippen LogP contribution is -1.87. The minimum absolute atomic E-state index is 0.0919. The van der Waals surface area contributed by atoms with E-state index in [1.165, 1.54) is 11.5 Å². The summed E-state index contributed by atoms with van der Waals surface area (Å²) in [6, 6.07) is 0. The van der Waals surface area contributed by atoms with Gasteiger partial charge in [-0.2, -0.15) is 0 Å². The molecule has 0 aliphatic carbocycles. The van der Waals surface area contributed by atoms with E-state index in [1.807, 2.05) is 0 Å². The molecule has 0 aliphatic heterocycles. The highest BCUT2D eigenvalue weighted by molar-refractivity contribution is 7.03. The Morgan fingerprint density at radius 1 is 1.75 bits per heavy atom. The van der Waals surface area contributed by atoms with Crippen molar-refractivity contribution in [1.29, 1.82) is 0 Å². The topological polar surface area (TPSA) is 45.7 Å². The van der Waals surface area contributed by atoms with E-state index in [0.29, 0.717) is 6.42 Å². The zero-order chi connectivity index (χ0) is 5.82. The van der Waals surface area contributed by atoms with Crippen molar-refractivity contribution in [2.24, 2.45) is 0 Å². The summed E-state index contributed by atoms with van der Waals surface area (Å²) in [5.41, 5.74) is 0.810. The summed E-state index contributed by atoms with van der Waals surface area (Å²) in [6.45, 7) is -0.0919. The second-order valence-corrected chi connectivity index (χ2v) is 1.96. The van der Waals surface area contributed by atoms with Gasteiger partial charge in [-0.1, -0.05) is 4.49 Å². The van der Waals surface area contributed by atoms with Crippen LogP contribution in [-0.4, -0.2) is 16.2 Å². The van der Waals surface area contributed by atoms with Gasteiger partial charge >= 0.3 is 0 Å². The summed E-state index contributed by atoms with van der Waals surface area (Å²) in [7, 11) is 0. The predicted octanol–water partition coefficient (Wildman–Crippen LogP) is 0.511. The van der Waals surface area contributed by atoms with Crippen LogP contribution in [0.4, 0.5) is 0 Å². The predicted molar refractivity (Wildman–Crippen MR) is 29.2 cm³/mol. The van der Waals surface area contributed by atoms with Gasteiger partial charge in [0.15, 0.2) is 0 Å². The van der Waals surface area contributed by atoms with Crippen LogP contribution in [0.3, 0.4) is 0 Å². The summed E-state index contributed by atoms with van der Waals surface area (Å²) in [5.74, 6) is 0. The van der Waals surface area contributed by atoms with Crippen molar-refractivity contribution in [3.63, 3.8) is 0 Å². The van der Waals surface area contributed by atoms with Crippen LogP contribution in [0, 0.1) is 0 Å². The number of hydrogen-bond donors (Lipinski definition) is 0. The fourth-order valence-corrected chi connectivity index (χ4v) is 0.883. The fourth-order valence-electron chi connectivity index (χ4n) is 0.397. The number of hydrogen-bond acceptors (Lipinski definition) is 3. The Morgan fingerprint density at radius 3 is 3.12 bits per heavy atom. The molecule has 1 radical (unpaired) electrons. The third-order valence-electron chi connectivity index (χ3n) is 0.763. The Balaban J connectivity index is 2.50. The van der Waals surface area contributed by atoms with E-state index in [1.54, 1.807) is 5.38 Å². The first-order valence-electron chi connectivity index (χ1n) is 2.27. The van der Waals surface area contributed by atoms with Crippen molar-refractivity contribution in [1.82, 2.24) is 9.59 Å². The summed E-state index contributed by atoms with van der Waals surface area (Å²) in [5, 5.41) is 15.4. The molecule has 43 valence electrons. The molecule has 0 saturated carbocycles. The average Bonchev–Trinajstić information content (AvgIpc) is 2.19. The largest absolute Gasteiger partial charge is 0.236 e. The maximum Gasteiger partial charge on any atom is 0.0878 e. The first-order chi connectivity index (χ1) is 3.93. The summed E-state index contributed by atoms with van der Waals surface area (Å²) in [4.78, 5) is 0. The van der Waals surface area contributed by atoms with Gasteiger partial charge in [-0.25, -0.2) is 5.11 Å². The molecule has 1 aromatic heterocycles. The lowest BCUT2D eigenvalue weighted by Gasteiger charge is -1.80. The molecule has 8 heavy (non-hydrogen) atoms. The van der Waals surface area contributed by atoms with Crippen molar-refractivity contribution in [3.05, 3.63) is 11.1 Å². The first-order valence-corrected chi connectivity index (χ1v) is 3.11. The van der Waals surface area contributed by atoms with Gasteiger partial charge < -0.3 is 0 Å². The van der Waals surface area contributed by atoms with Crippen LogP contribution in [0.1, 0.15) is 5.69 Å². The van der Waals surface area contributed by atoms with E-state index in [4.69, 9.17) is 0 Å². The second-order valence-electron chi connectivity index (χ2n) is 1.35. The Morgan fingerprint density at radius 2 is 2.62 bits per heavy atom. The first kappa shape index (κ1) is 5.65. The molecule has 0 unspecified atom stereocenters. The van der Waals surface area contributed by atoms with Crippen LogP contribution in [0.15, 0.2) is 5.38 Å². The standard InChI is InChI=1S/C4H5N2OS/c7-2-1-4-3-8-6-5-4/h3H,1-2H2. The second kappa shape index (κ2) is 2.74. The molecule has 1 heterocycles. The van der Waals surface area contributed by atoms with E-state index >= 15 is 0 Å². The van der Waals surface area contributed by atoms with E-state index in [0.717, 1.165) is 5.69 Å². The zero-order valence-electron chi connectivity index (χ0n) is 4.20. The maximum absolute atomic E-state index is 9.93. The van der Waals surface area contributed by atoms with Crippen molar-refractivity contribution >= 4 is 11.5 Å². The van der Waals surface area contributed by atoms with Gasteiger partial charge in [0, 0.05) is 11.8 Å². The molecule has 0 N–H and O–H groups in total. The fraction of sp³-hybridized carbons (Fsp3) is 0.500. The third kappa shape index (κ3) is 1.24. The van der Waals surface area contributed by atoms with Crippen molar-refractivity contribution < 1.29 is 5.11 Å². The van der Waals surface area contributed by atoms with Crippen LogP contribution in [0.2, 0.25) is 0 Å². The minimum Gasteiger partial charge on any atom is -0.236 e. The SMILES string of the molecule is [O]CCc1csnn1. The van der Waals surface area contributed by atoms with Gasteiger partial charge in [0.1, 0.15) is 0 Å². The smallest absolute Gasteiger partial charge is 0.0878 e.